The third-order valence-corrected chi connectivity index (χ3v) is 3.39. The Labute approximate surface area is 103 Å². The fourth-order valence-corrected chi connectivity index (χ4v) is 2.34. The van der Waals surface area contributed by atoms with E-state index in [0.29, 0.717) is 12.1 Å². The summed E-state index contributed by atoms with van der Waals surface area (Å²) in [5, 5.41) is 7.03. The van der Waals surface area contributed by atoms with Gasteiger partial charge in [0.15, 0.2) is 0 Å². The van der Waals surface area contributed by atoms with E-state index < -0.39 is 0 Å². The zero-order chi connectivity index (χ0) is 12.1. The first kappa shape index (κ1) is 12.6. The Hall–Kier alpha value is -0.840. The molecule has 0 saturated carbocycles. The molecular weight excluding hydrogens is 214 g/mol. The maximum absolute atomic E-state index is 5.48. The van der Waals surface area contributed by atoms with Gasteiger partial charge in [0.1, 0.15) is 5.76 Å². The van der Waals surface area contributed by atoms with Crippen LogP contribution in [0.15, 0.2) is 22.8 Å². The van der Waals surface area contributed by atoms with Crippen LogP contribution < -0.4 is 10.6 Å². The van der Waals surface area contributed by atoms with Gasteiger partial charge in [-0.1, -0.05) is 0 Å². The molecule has 4 heteroatoms. The highest BCUT2D eigenvalue weighted by molar-refractivity contribution is 5.05. The van der Waals surface area contributed by atoms with Gasteiger partial charge in [-0.15, -0.1) is 0 Å². The normalized spacial score (nSPS) is 22.2. The maximum Gasteiger partial charge on any atom is 0.122 e. The fourth-order valence-electron chi connectivity index (χ4n) is 2.34. The lowest BCUT2D eigenvalue weighted by Crippen LogP contribution is -2.38. The third kappa shape index (κ3) is 3.56. The summed E-state index contributed by atoms with van der Waals surface area (Å²) in [6.45, 7) is 3.14. The quantitative estimate of drug-likeness (QED) is 0.780. The number of hydrogen-bond acceptors (Lipinski definition) is 4. The van der Waals surface area contributed by atoms with Crippen molar-refractivity contribution in [3.05, 3.63) is 24.2 Å². The zero-order valence-corrected chi connectivity index (χ0v) is 10.8. The molecule has 1 aromatic rings. The van der Waals surface area contributed by atoms with E-state index >= 15 is 0 Å². The summed E-state index contributed by atoms with van der Waals surface area (Å²) in [6, 6.07) is 4.95. The molecule has 0 amide bonds. The molecule has 1 aromatic heterocycles. The number of nitrogens with one attached hydrogen (secondary N) is 2. The molecule has 1 fully saturated rings. The van der Waals surface area contributed by atoms with Crippen LogP contribution in [0.4, 0.5) is 0 Å². The lowest BCUT2D eigenvalue weighted by molar-refractivity contribution is 0.249. The van der Waals surface area contributed by atoms with Crippen molar-refractivity contribution in [2.45, 2.75) is 24.9 Å². The lowest BCUT2D eigenvalue weighted by Gasteiger charge is -2.23. The van der Waals surface area contributed by atoms with E-state index in [9.17, 15) is 0 Å². The van der Waals surface area contributed by atoms with Gasteiger partial charge in [0, 0.05) is 19.1 Å². The second-order valence-corrected chi connectivity index (χ2v) is 4.95. The molecule has 2 rings (SSSR count). The minimum Gasteiger partial charge on any atom is -0.468 e. The fraction of sp³-hybridized carbons (Fsp3) is 0.692. The van der Waals surface area contributed by atoms with Crippen molar-refractivity contribution in [2.75, 3.05) is 33.7 Å². The van der Waals surface area contributed by atoms with Gasteiger partial charge in [-0.2, -0.15) is 0 Å². The lowest BCUT2D eigenvalue weighted by atomic mass is 10.2. The Bertz CT molecular complexity index is 304. The maximum atomic E-state index is 5.48. The molecule has 1 aliphatic heterocycles. The van der Waals surface area contributed by atoms with Crippen LogP contribution in [0.1, 0.15) is 24.6 Å². The van der Waals surface area contributed by atoms with Crippen molar-refractivity contribution in [1.29, 1.82) is 0 Å². The van der Waals surface area contributed by atoms with Gasteiger partial charge < -0.3 is 15.1 Å². The second kappa shape index (κ2) is 6.19. The monoisotopic (exact) mass is 237 g/mol. The molecule has 1 aliphatic rings. The summed E-state index contributed by atoms with van der Waals surface area (Å²) >= 11 is 0. The number of nitrogens with zero attached hydrogens (tertiary/aromatic N) is 1. The summed E-state index contributed by atoms with van der Waals surface area (Å²) in [6.07, 6.45) is 4.34. The van der Waals surface area contributed by atoms with Crippen molar-refractivity contribution in [3.8, 4) is 0 Å². The summed E-state index contributed by atoms with van der Waals surface area (Å²) in [7, 11) is 4.17. The Balaban J connectivity index is 1.78. The number of likely N-dealkylation sites (N-methyl/N-ethyl adjacent to an activating group) is 1. The first-order valence-corrected chi connectivity index (χ1v) is 6.41. The van der Waals surface area contributed by atoms with E-state index in [0.717, 1.165) is 18.8 Å². The van der Waals surface area contributed by atoms with E-state index in [4.69, 9.17) is 4.42 Å². The van der Waals surface area contributed by atoms with Crippen LogP contribution in [-0.4, -0.2) is 44.7 Å². The predicted octanol–water partition coefficient (Wildman–Crippen LogP) is 1.22. The summed E-state index contributed by atoms with van der Waals surface area (Å²) < 4.78 is 5.48. The van der Waals surface area contributed by atoms with Crippen LogP contribution in [0.25, 0.3) is 0 Å². The molecule has 0 aromatic carbocycles. The Morgan fingerprint density at radius 1 is 1.59 bits per heavy atom. The van der Waals surface area contributed by atoms with Gasteiger partial charge in [0.25, 0.3) is 0 Å². The highest BCUT2D eigenvalue weighted by Crippen LogP contribution is 2.17. The van der Waals surface area contributed by atoms with Gasteiger partial charge in [-0.05, 0) is 45.6 Å². The average molecular weight is 237 g/mol. The van der Waals surface area contributed by atoms with E-state index in [2.05, 4.69) is 29.6 Å². The average Bonchev–Trinajstić information content (AvgIpc) is 2.96. The van der Waals surface area contributed by atoms with E-state index in [1.807, 2.05) is 12.1 Å². The molecule has 0 spiro atoms. The molecule has 2 N–H and O–H groups in total. The smallest absolute Gasteiger partial charge is 0.122 e. The topological polar surface area (TPSA) is 40.4 Å². The second-order valence-electron chi connectivity index (χ2n) is 4.95. The summed E-state index contributed by atoms with van der Waals surface area (Å²) in [5.74, 6) is 1.03. The summed E-state index contributed by atoms with van der Waals surface area (Å²) in [5.41, 5.74) is 0. The van der Waals surface area contributed by atoms with Gasteiger partial charge >= 0.3 is 0 Å². The van der Waals surface area contributed by atoms with Crippen LogP contribution in [0, 0.1) is 0 Å². The molecule has 2 atom stereocenters. The van der Waals surface area contributed by atoms with Crippen molar-refractivity contribution >= 4 is 0 Å². The number of hydrogen-bond donors (Lipinski definition) is 2. The Kier molecular flexibility index (Phi) is 4.59. The van der Waals surface area contributed by atoms with Crippen LogP contribution in [0.2, 0.25) is 0 Å². The molecular formula is C13H23N3O. The van der Waals surface area contributed by atoms with Gasteiger partial charge in [0.05, 0.1) is 12.3 Å². The highest BCUT2D eigenvalue weighted by atomic mass is 16.3. The van der Waals surface area contributed by atoms with Crippen LogP contribution in [0.3, 0.4) is 0 Å². The van der Waals surface area contributed by atoms with Gasteiger partial charge in [-0.3, -0.25) is 4.90 Å². The molecule has 96 valence electrons. The van der Waals surface area contributed by atoms with E-state index in [1.165, 1.54) is 19.4 Å². The highest BCUT2D eigenvalue weighted by Gasteiger charge is 2.18. The number of rotatable bonds is 6. The van der Waals surface area contributed by atoms with Crippen molar-refractivity contribution in [2.24, 2.45) is 0 Å². The van der Waals surface area contributed by atoms with Crippen LogP contribution in [0.5, 0.6) is 0 Å². The van der Waals surface area contributed by atoms with Gasteiger partial charge in [0.2, 0.25) is 0 Å². The third-order valence-electron chi connectivity index (χ3n) is 3.39. The zero-order valence-electron chi connectivity index (χ0n) is 10.8. The first-order valence-electron chi connectivity index (χ1n) is 6.41. The van der Waals surface area contributed by atoms with Crippen LogP contribution in [-0.2, 0) is 0 Å². The number of furan rings is 1. The molecule has 0 aliphatic carbocycles. The summed E-state index contributed by atoms with van der Waals surface area (Å²) in [4.78, 5) is 2.19. The molecule has 1 saturated heterocycles. The van der Waals surface area contributed by atoms with Crippen molar-refractivity contribution < 1.29 is 4.42 Å². The molecule has 2 heterocycles. The van der Waals surface area contributed by atoms with Crippen molar-refractivity contribution in [1.82, 2.24) is 15.5 Å². The minimum atomic E-state index is 0.311. The molecule has 4 nitrogen and oxygen atoms in total. The standard InChI is InChI=1S/C13H23N3O/c1-16(2)12(13-6-4-8-17-13)10-14-9-11-5-3-7-15-11/h4,6,8,11-12,14-15H,3,5,7,9-10H2,1-2H3. The first-order chi connectivity index (χ1) is 8.27. The van der Waals surface area contributed by atoms with Crippen LogP contribution >= 0.6 is 0 Å². The minimum absolute atomic E-state index is 0.311. The Morgan fingerprint density at radius 2 is 2.47 bits per heavy atom. The molecule has 0 bridgehead atoms. The van der Waals surface area contributed by atoms with Crippen molar-refractivity contribution in [3.63, 3.8) is 0 Å². The molecule has 17 heavy (non-hydrogen) atoms. The van der Waals surface area contributed by atoms with E-state index in [-0.39, 0.29) is 0 Å². The predicted molar refractivity (Wildman–Crippen MR) is 69.0 cm³/mol. The molecule has 2 unspecified atom stereocenters. The molecule has 0 radical (unpaired) electrons. The van der Waals surface area contributed by atoms with Gasteiger partial charge in [-0.25, -0.2) is 0 Å². The SMILES string of the molecule is CN(C)C(CNCC1CCCN1)c1ccco1. The Morgan fingerprint density at radius 3 is 3.06 bits per heavy atom. The largest absolute Gasteiger partial charge is 0.468 e. The van der Waals surface area contributed by atoms with E-state index in [1.54, 1.807) is 6.26 Å².